The summed E-state index contributed by atoms with van der Waals surface area (Å²) in [5.41, 5.74) is -2.44. The lowest BCUT2D eigenvalue weighted by molar-refractivity contribution is -0.253. The zero-order valence-corrected chi connectivity index (χ0v) is 9.81. The van der Waals surface area contributed by atoms with Gasteiger partial charge in [0.25, 0.3) is 0 Å². The second-order valence-electron chi connectivity index (χ2n) is 4.37. The van der Waals surface area contributed by atoms with Gasteiger partial charge in [-0.3, -0.25) is 4.98 Å². The molecule has 1 saturated heterocycles. The number of aromatic nitrogens is 1. The van der Waals surface area contributed by atoms with Gasteiger partial charge >= 0.3 is 12.2 Å². The third kappa shape index (κ3) is 2.78. The molecule has 0 aromatic carbocycles. The van der Waals surface area contributed by atoms with Gasteiger partial charge in [-0.25, -0.2) is 4.79 Å². The standard InChI is InChI=1S/C11H12F3N3O2/c12-11(13,14)10(19)3-5-17(7-10)9(18)16-8-2-1-4-15-6-8/h1-2,4,6,19H,3,5,7H2,(H,16,18)/t10-/m0/s1. The Morgan fingerprint density at radius 3 is 2.79 bits per heavy atom. The van der Waals surface area contributed by atoms with Crippen molar-refractivity contribution >= 4 is 11.7 Å². The van der Waals surface area contributed by atoms with Gasteiger partial charge in [-0.05, 0) is 12.1 Å². The summed E-state index contributed by atoms with van der Waals surface area (Å²) in [6, 6.07) is 2.47. The molecule has 2 rings (SSSR count). The van der Waals surface area contributed by atoms with Crippen LogP contribution in [0.2, 0.25) is 0 Å². The highest BCUT2D eigenvalue weighted by Crippen LogP contribution is 2.37. The van der Waals surface area contributed by atoms with Crippen LogP contribution in [-0.2, 0) is 0 Å². The normalized spacial score (nSPS) is 23.5. The van der Waals surface area contributed by atoms with Crippen molar-refractivity contribution in [3.05, 3.63) is 24.5 Å². The van der Waals surface area contributed by atoms with Crippen molar-refractivity contribution in [1.29, 1.82) is 0 Å². The molecule has 0 saturated carbocycles. The van der Waals surface area contributed by atoms with Crippen molar-refractivity contribution in [2.75, 3.05) is 18.4 Å². The second-order valence-corrected chi connectivity index (χ2v) is 4.37. The summed E-state index contributed by atoms with van der Waals surface area (Å²) >= 11 is 0. The van der Waals surface area contributed by atoms with E-state index < -0.39 is 30.8 Å². The first kappa shape index (κ1) is 13.6. The molecule has 8 heteroatoms. The number of aliphatic hydroxyl groups is 1. The highest BCUT2D eigenvalue weighted by Gasteiger charge is 2.57. The summed E-state index contributed by atoms with van der Waals surface area (Å²) in [6.07, 6.45) is -2.37. The molecular weight excluding hydrogens is 263 g/mol. The van der Waals surface area contributed by atoms with Gasteiger partial charge in [0.05, 0.1) is 18.4 Å². The number of nitrogens with zero attached hydrogens (tertiary/aromatic N) is 2. The number of carbonyl (C=O) groups is 1. The van der Waals surface area contributed by atoms with Crippen LogP contribution in [0.3, 0.4) is 0 Å². The van der Waals surface area contributed by atoms with Crippen LogP contribution in [0.25, 0.3) is 0 Å². The molecule has 104 valence electrons. The number of pyridine rings is 1. The molecule has 5 nitrogen and oxygen atoms in total. The molecule has 1 aromatic rings. The molecule has 2 amide bonds. The monoisotopic (exact) mass is 275 g/mol. The first-order valence-electron chi connectivity index (χ1n) is 5.57. The summed E-state index contributed by atoms with van der Waals surface area (Å²) in [5, 5.41) is 11.9. The van der Waals surface area contributed by atoms with E-state index in [4.69, 9.17) is 0 Å². The first-order valence-corrected chi connectivity index (χ1v) is 5.57. The van der Waals surface area contributed by atoms with Crippen LogP contribution in [0.4, 0.5) is 23.7 Å². The molecule has 1 fully saturated rings. The van der Waals surface area contributed by atoms with Gasteiger partial charge in [-0.2, -0.15) is 13.2 Å². The average molecular weight is 275 g/mol. The van der Waals surface area contributed by atoms with Crippen molar-refractivity contribution in [1.82, 2.24) is 9.88 Å². The molecule has 19 heavy (non-hydrogen) atoms. The summed E-state index contributed by atoms with van der Waals surface area (Å²) in [5.74, 6) is 0. The minimum absolute atomic E-state index is 0.151. The largest absolute Gasteiger partial charge is 0.419 e. The summed E-state index contributed by atoms with van der Waals surface area (Å²) in [7, 11) is 0. The molecule has 1 aromatic heterocycles. The Bertz CT molecular complexity index is 466. The number of alkyl halides is 3. The van der Waals surface area contributed by atoms with Crippen molar-refractivity contribution < 1.29 is 23.1 Å². The maximum Gasteiger partial charge on any atom is 0.419 e. The number of amides is 2. The number of anilines is 1. The zero-order valence-electron chi connectivity index (χ0n) is 9.81. The van der Waals surface area contributed by atoms with Crippen molar-refractivity contribution in [2.24, 2.45) is 0 Å². The van der Waals surface area contributed by atoms with Gasteiger partial charge in [0.1, 0.15) is 0 Å². The minimum atomic E-state index is -4.74. The summed E-state index contributed by atoms with van der Waals surface area (Å²) in [4.78, 5) is 16.4. The number of urea groups is 1. The molecule has 2 N–H and O–H groups in total. The minimum Gasteiger partial charge on any atom is -0.379 e. The highest BCUT2D eigenvalue weighted by atomic mass is 19.4. The lowest BCUT2D eigenvalue weighted by Crippen LogP contribution is -2.48. The van der Waals surface area contributed by atoms with Gasteiger partial charge in [-0.15, -0.1) is 0 Å². The van der Waals surface area contributed by atoms with Crippen LogP contribution in [0.5, 0.6) is 0 Å². The molecular formula is C11H12F3N3O2. The van der Waals surface area contributed by atoms with Crippen LogP contribution >= 0.6 is 0 Å². The van der Waals surface area contributed by atoms with E-state index in [0.717, 1.165) is 4.90 Å². The fourth-order valence-corrected chi connectivity index (χ4v) is 1.84. The quantitative estimate of drug-likeness (QED) is 0.818. The Kier molecular flexibility index (Phi) is 3.36. The van der Waals surface area contributed by atoms with Crippen LogP contribution < -0.4 is 5.32 Å². The Hall–Kier alpha value is -1.83. The maximum atomic E-state index is 12.6. The molecule has 0 radical (unpaired) electrons. The number of nitrogens with one attached hydrogen (secondary N) is 1. The maximum absolute atomic E-state index is 12.6. The Morgan fingerprint density at radius 1 is 1.53 bits per heavy atom. The van der Waals surface area contributed by atoms with E-state index in [0.29, 0.717) is 5.69 Å². The molecule has 0 bridgehead atoms. The molecule has 0 aliphatic carbocycles. The predicted octanol–water partition coefficient (Wildman–Crippen LogP) is 1.61. The number of carbonyl (C=O) groups excluding carboxylic acids is 1. The fraction of sp³-hybridized carbons (Fsp3) is 0.455. The van der Waals surface area contributed by atoms with Crippen molar-refractivity contribution in [2.45, 2.75) is 18.2 Å². The molecule has 1 aliphatic heterocycles. The van der Waals surface area contributed by atoms with E-state index in [1.165, 1.54) is 12.4 Å². The van der Waals surface area contributed by atoms with Crippen LogP contribution in [0.1, 0.15) is 6.42 Å². The third-order valence-electron chi connectivity index (χ3n) is 2.98. The number of hydrogen-bond acceptors (Lipinski definition) is 3. The van der Waals surface area contributed by atoms with Gasteiger partial charge in [0.15, 0.2) is 5.60 Å². The van der Waals surface area contributed by atoms with Crippen molar-refractivity contribution in [3.63, 3.8) is 0 Å². The third-order valence-corrected chi connectivity index (χ3v) is 2.98. The number of β-amino-alcohol motifs (C(OH)–C–C–N with tert-alkyl or cyclic N) is 1. The van der Waals surface area contributed by atoms with Gasteiger partial charge in [0, 0.05) is 19.2 Å². The second kappa shape index (κ2) is 4.69. The predicted molar refractivity (Wildman–Crippen MR) is 60.5 cm³/mol. The summed E-state index contributed by atoms with van der Waals surface area (Å²) < 4.78 is 37.8. The smallest absolute Gasteiger partial charge is 0.379 e. The van der Waals surface area contributed by atoms with Gasteiger partial charge in [0.2, 0.25) is 0 Å². The van der Waals surface area contributed by atoms with Gasteiger partial charge in [-0.1, -0.05) is 0 Å². The molecule has 0 spiro atoms. The lowest BCUT2D eigenvalue weighted by Gasteiger charge is -2.25. The molecule has 1 atom stereocenters. The highest BCUT2D eigenvalue weighted by molar-refractivity contribution is 5.89. The number of hydrogen-bond donors (Lipinski definition) is 2. The Labute approximate surface area is 107 Å². The van der Waals surface area contributed by atoms with Crippen LogP contribution in [0, 0.1) is 0 Å². The first-order chi connectivity index (χ1) is 8.82. The Morgan fingerprint density at radius 2 is 2.26 bits per heavy atom. The summed E-state index contributed by atoms with van der Waals surface area (Å²) in [6.45, 7) is -0.912. The number of likely N-dealkylation sites (tertiary alicyclic amines) is 1. The van der Waals surface area contributed by atoms with Crippen molar-refractivity contribution in [3.8, 4) is 0 Å². The van der Waals surface area contributed by atoms with Crippen LogP contribution in [0.15, 0.2) is 24.5 Å². The average Bonchev–Trinajstić information content (AvgIpc) is 2.74. The van der Waals surface area contributed by atoms with E-state index >= 15 is 0 Å². The van der Waals surface area contributed by atoms with E-state index in [1.54, 1.807) is 12.1 Å². The van der Waals surface area contributed by atoms with E-state index in [1.807, 2.05) is 0 Å². The molecule has 0 unspecified atom stereocenters. The SMILES string of the molecule is O=C(Nc1cccnc1)N1CC[C@@](O)(C(F)(F)F)C1. The topological polar surface area (TPSA) is 65.5 Å². The number of halogens is 3. The van der Waals surface area contributed by atoms with E-state index in [2.05, 4.69) is 10.3 Å². The van der Waals surface area contributed by atoms with Gasteiger partial charge < -0.3 is 15.3 Å². The zero-order chi connectivity index (χ0) is 14.1. The molecule has 2 heterocycles. The molecule has 1 aliphatic rings. The van der Waals surface area contributed by atoms with Crippen LogP contribution in [-0.4, -0.2) is 45.9 Å². The Balaban J connectivity index is 2.00. The lowest BCUT2D eigenvalue weighted by atomic mass is 10.0. The fourth-order valence-electron chi connectivity index (χ4n) is 1.84. The van der Waals surface area contributed by atoms with E-state index in [-0.39, 0.29) is 6.54 Å². The van der Waals surface area contributed by atoms with E-state index in [9.17, 15) is 23.1 Å². The number of rotatable bonds is 1.